The number of nitrogen functional groups attached to an aromatic ring is 1. The van der Waals surface area contributed by atoms with Gasteiger partial charge in [-0.3, -0.25) is 4.79 Å². The number of fused-ring (bicyclic) bond motifs is 1. The number of halogens is 1. The predicted molar refractivity (Wildman–Crippen MR) is 136 cm³/mol. The number of likely N-dealkylation sites (N-methyl/N-ethyl adjacent to an activating group) is 1. The van der Waals surface area contributed by atoms with Gasteiger partial charge in [-0.1, -0.05) is 12.1 Å². The van der Waals surface area contributed by atoms with Crippen molar-refractivity contribution in [2.45, 2.75) is 9.79 Å². The lowest BCUT2D eigenvalue weighted by Crippen LogP contribution is -2.45. The van der Waals surface area contributed by atoms with Gasteiger partial charge in [0.1, 0.15) is 5.82 Å². The highest BCUT2D eigenvalue weighted by molar-refractivity contribution is 7.91. The highest BCUT2D eigenvalue weighted by Crippen LogP contribution is 2.28. The molecule has 1 fully saturated rings. The van der Waals surface area contributed by atoms with Gasteiger partial charge in [0.15, 0.2) is 0 Å². The fourth-order valence-electron chi connectivity index (χ4n) is 4.31. The van der Waals surface area contributed by atoms with Gasteiger partial charge in [-0.05, 0) is 55.6 Å². The Hall–Kier alpha value is -3.96. The number of carbonyl (C=O) groups is 1. The van der Waals surface area contributed by atoms with Crippen LogP contribution in [0.1, 0.15) is 10.4 Å². The van der Waals surface area contributed by atoms with Crippen LogP contribution in [0.15, 0.2) is 76.7 Å². The van der Waals surface area contributed by atoms with Crippen LogP contribution in [0, 0.1) is 5.82 Å². The topological polar surface area (TPSA) is 114 Å². The fraction of sp³-hybridized carbons (Fsp3) is 0.200. The van der Waals surface area contributed by atoms with E-state index in [2.05, 4.69) is 27.4 Å². The maximum Gasteiger partial charge on any atom is 0.275 e. The van der Waals surface area contributed by atoms with Crippen molar-refractivity contribution in [2.75, 3.05) is 49.3 Å². The summed E-state index contributed by atoms with van der Waals surface area (Å²) < 4.78 is 39.5. The van der Waals surface area contributed by atoms with E-state index >= 15 is 0 Å². The Morgan fingerprint density at radius 3 is 2.47 bits per heavy atom. The molecule has 36 heavy (non-hydrogen) atoms. The lowest BCUT2D eigenvalue weighted by molar-refractivity contribution is 0.101. The minimum Gasteiger partial charge on any atom is -0.398 e. The number of nitrogens with two attached hydrogens (primary N) is 1. The van der Waals surface area contributed by atoms with E-state index in [0.29, 0.717) is 22.2 Å². The summed E-state index contributed by atoms with van der Waals surface area (Å²) >= 11 is 0. The van der Waals surface area contributed by atoms with Gasteiger partial charge in [0.25, 0.3) is 5.91 Å². The first-order valence-electron chi connectivity index (χ1n) is 11.4. The number of sulfone groups is 1. The van der Waals surface area contributed by atoms with Crippen LogP contribution in [-0.4, -0.2) is 62.3 Å². The molecule has 0 spiro atoms. The monoisotopic (exact) mass is 508 g/mol. The van der Waals surface area contributed by atoms with Gasteiger partial charge in [0.2, 0.25) is 9.84 Å². The maximum atomic E-state index is 13.6. The molecule has 4 aromatic rings. The summed E-state index contributed by atoms with van der Waals surface area (Å²) in [4.78, 5) is 18.8. The van der Waals surface area contributed by atoms with Crippen molar-refractivity contribution in [1.82, 2.24) is 14.8 Å². The lowest BCUT2D eigenvalue weighted by atomic mass is 10.1. The second-order valence-electron chi connectivity index (χ2n) is 8.71. The van der Waals surface area contributed by atoms with Crippen molar-refractivity contribution < 1.29 is 17.6 Å². The zero-order chi connectivity index (χ0) is 25.4. The predicted octanol–water partition coefficient (Wildman–Crippen LogP) is 2.73. The molecule has 0 saturated carbocycles. The molecule has 5 rings (SSSR count). The molecule has 2 heterocycles. The summed E-state index contributed by atoms with van der Waals surface area (Å²) in [7, 11) is -1.87. The first-order valence-corrected chi connectivity index (χ1v) is 12.8. The number of piperazine rings is 1. The van der Waals surface area contributed by atoms with E-state index in [0.717, 1.165) is 37.9 Å². The third-order valence-electron chi connectivity index (χ3n) is 6.31. The Kier molecular flexibility index (Phi) is 6.10. The van der Waals surface area contributed by atoms with E-state index in [4.69, 9.17) is 5.73 Å². The Balaban J connectivity index is 1.44. The zero-order valence-electron chi connectivity index (χ0n) is 19.6. The molecule has 0 bridgehead atoms. The molecule has 0 radical (unpaired) electrons. The maximum absolute atomic E-state index is 13.6. The Labute approximate surface area is 207 Å². The average molecular weight is 509 g/mol. The molecule has 0 aliphatic carbocycles. The molecule has 1 amide bonds. The van der Waals surface area contributed by atoms with Crippen LogP contribution >= 0.6 is 0 Å². The lowest BCUT2D eigenvalue weighted by Gasteiger charge is -2.35. The number of nitrogens with one attached hydrogen (secondary N) is 1. The minimum atomic E-state index is -3.93. The summed E-state index contributed by atoms with van der Waals surface area (Å²) in [6.07, 6.45) is 1.45. The summed E-state index contributed by atoms with van der Waals surface area (Å²) in [5.41, 5.74) is 10.9. The molecule has 0 unspecified atom stereocenters. The van der Waals surface area contributed by atoms with Gasteiger partial charge in [-0.2, -0.15) is 9.89 Å². The molecule has 1 aliphatic heterocycles. The molecule has 3 N–H and O–H groups in total. The van der Waals surface area contributed by atoms with E-state index in [1.165, 1.54) is 41.3 Å². The van der Waals surface area contributed by atoms with Gasteiger partial charge in [0, 0.05) is 37.3 Å². The Morgan fingerprint density at radius 2 is 1.72 bits per heavy atom. The van der Waals surface area contributed by atoms with Crippen LogP contribution in [0.5, 0.6) is 0 Å². The Bertz CT molecular complexity index is 1560. The number of hydrogen-bond acceptors (Lipinski definition) is 7. The average Bonchev–Trinajstić information content (AvgIpc) is 3.26. The number of carbonyl (C=O) groups excluding carboxylic acids is 1. The van der Waals surface area contributed by atoms with Gasteiger partial charge < -0.3 is 15.5 Å². The highest BCUT2D eigenvalue weighted by atomic mass is 32.2. The SMILES string of the molecule is CN1CCN(c2cccc(N)c2C(=O)Nn2ncc3cc(S(=O)(=O)c4cccc(F)c4)ccc32)CC1. The normalized spacial score (nSPS) is 14.8. The van der Waals surface area contributed by atoms with Crippen LogP contribution in [0.4, 0.5) is 15.8 Å². The number of rotatable bonds is 5. The number of benzene rings is 3. The van der Waals surface area contributed by atoms with Gasteiger partial charge in [-0.15, -0.1) is 0 Å². The van der Waals surface area contributed by atoms with Gasteiger partial charge in [-0.25, -0.2) is 18.2 Å². The number of aromatic nitrogens is 2. The Morgan fingerprint density at radius 1 is 1.00 bits per heavy atom. The summed E-state index contributed by atoms with van der Waals surface area (Å²) in [5, 5.41) is 4.72. The van der Waals surface area contributed by atoms with E-state index in [9.17, 15) is 17.6 Å². The second-order valence-corrected chi connectivity index (χ2v) is 10.7. The standard InChI is InChI=1S/C25H25FN6O3S/c1-30-10-12-31(13-11-30)23-7-3-6-21(27)24(23)25(33)29-32-22-9-8-20(14-17(22)16-28-32)36(34,35)19-5-2-4-18(26)15-19/h2-9,14-16H,10-13,27H2,1H3,(H,29,33). The van der Waals surface area contributed by atoms with Gasteiger partial charge >= 0.3 is 0 Å². The number of anilines is 2. The largest absolute Gasteiger partial charge is 0.398 e. The summed E-state index contributed by atoms with van der Waals surface area (Å²) in [6.45, 7) is 3.29. The molecule has 3 aromatic carbocycles. The summed E-state index contributed by atoms with van der Waals surface area (Å²) in [5.74, 6) is -1.06. The van der Waals surface area contributed by atoms with E-state index in [-0.39, 0.29) is 9.79 Å². The van der Waals surface area contributed by atoms with Crippen LogP contribution < -0.4 is 16.1 Å². The molecular weight excluding hydrogens is 483 g/mol. The summed E-state index contributed by atoms with van der Waals surface area (Å²) in [6, 6.07) is 14.6. The number of nitrogens with zero attached hydrogens (tertiary/aromatic N) is 4. The second kappa shape index (κ2) is 9.25. The van der Waals surface area contributed by atoms with Crippen molar-refractivity contribution >= 4 is 38.0 Å². The van der Waals surface area contributed by atoms with Gasteiger partial charge in [0.05, 0.1) is 32.8 Å². The molecule has 9 nitrogen and oxygen atoms in total. The molecule has 1 aliphatic rings. The highest BCUT2D eigenvalue weighted by Gasteiger charge is 2.24. The van der Waals surface area contributed by atoms with Crippen LogP contribution in [0.3, 0.4) is 0 Å². The quantitative estimate of drug-likeness (QED) is 0.399. The van der Waals surface area contributed by atoms with Crippen molar-refractivity contribution in [2.24, 2.45) is 0 Å². The molecule has 11 heteroatoms. The van der Waals surface area contributed by atoms with Crippen LogP contribution in [0.2, 0.25) is 0 Å². The number of amides is 1. The van der Waals surface area contributed by atoms with Crippen molar-refractivity contribution in [3.63, 3.8) is 0 Å². The van der Waals surface area contributed by atoms with Crippen molar-refractivity contribution in [3.8, 4) is 0 Å². The molecule has 1 aromatic heterocycles. The molecular formula is C25H25FN6O3S. The smallest absolute Gasteiger partial charge is 0.275 e. The first kappa shape index (κ1) is 23.8. The van der Waals surface area contributed by atoms with E-state index < -0.39 is 21.6 Å². The first-order chi connectivity index (χ1) is 17.2. The van der Waals surface area contributed by atoms with Crippen LogP contribution in [-0.2, 0) is 9.84 Å². The minimum absolute atomic E-state index is 0.00358. The number of hydrogen-bond donors (Lipinski definition) is 2. The van der Waals surface area contributed by atoms with E-state index in [1.807, 2.05) is 12.1 Å². The van der Waals surface area contributed by atoms with Crippen LogP contribution in [0.25, 0.3) is 10.9 Å². The fourth-order valence-corrected chi connectivity index (χ4v) is 5.63. The third-order valence-corrected chi connectivity index (χ3v) is 8.06. The third kappa shape index (κ3) is 4.38. The molecule has 186 valence electrons. The van der Waals surface area contributed by atoms with E-state index in [1.54, 1.807) is 12.1 Å². The molecule has 1 saturated heterocycles. The van der Waals surface area contributed by atoms with Crippen molar-refractivity contribution in [1.29, 1.82) is 0 Å². The zero-order valence-corrected chi connectivity index (χ0v) is 20.4. The van der Waals surface area contributed by atoms with Crippen molar-refractivity contribution in [3.05, 3.63) is 78.2 Å². The molecule has 0 atom stereocenters.